The summed E-state index contributed by atoms with van der Waals surface area (Å²) in [5.41, 5.74) is 0. The monoisotopic (exact) mass is 178 g/mol. The first-order chi connectivity index (χ1) is 5.74. The van der Waals surface area contributed by atoms with Crippen molar-refractivity contribution >= 4 is 0 Å². The van der Waals surface area contributed by atoms with E-state index in [1.807, 2.05) is 0 Å². The van der Waals surface area contributed by atoms with E-state index in [-0.39, 0.29) is 18.8 Å². The molecule has 0 aromatic carbocycles. The largest absolute Gasteiger partial charge is 0.394 e. The van der Waals surface area contributed by atoms with Crippen LogP contribution in [0.15, 0.2) is 0 Å². The highest BCUT2D eigenvalue weighted by atomic mass is 16.5. The summed E-state index contributed by atoms with van der Waals surface area (Å²) in [6.07, 6.45) is 1.18. The van der Waals surface area contributed by atoms with Crippen LogP contribution in [0, 0.1) is 0 Å². The molecule has 12 heavy (non-hydrogen) atoms. The minimum absolute atomic E-state index is 0.0339. The van der Waals surface area contributed by atoms with Gasteiger partial charge in [-0.1, -0.05) is 0 Å². The van der Waals surface area contributed by atoms with Crippen molar-refractivity contribution in [3.63, 3.8) is 0 Å². The summed E-state index contributed by atoms with van der Waals surface area (Å²) < 4.78 is 9.29. The highest BCUT2D eigenvalue weighted by molar-refractivity contribution is 4.67. The van der Waals surface area contributed by atoms with Gasteiger partial charge in [-0.05, 0) is 12.8 Å². The summed E-state index contributed by atoms with van der Waals surface area (Å²) in [7, 11) is 3.25. The van der Waals surface area contributed by atoms with Gasteiger partial charge in [-0.3, -0.25) is 0 Å². The molecule has 0 aromatic heterocycles. The molecule has 0 aliphatic carbocycles. The third-order valence-electron chi connectivity index (χ3n) is 1.55. The minimum Gasteiger partial charge on any atom is -0.394 e. The van der Waals surface area contributed by atoms with Crippen LogP contribution in [0.5, 0.6) is 0 Å². The molecule has 1 aliphatic heterocycles. The van der Waals surface area contributed by atoms with E-state index in [0.717, 1.165) is 12.8 Å². The fourth-order valence-corrected chi connectivity index (χ4v) is 0.936. The number of aliphatic hydroxyl groups is 2. The number of hydrogen-bond donors (Lipinski definition) is 2. The summed E-state index contributed by atoms with van der Waals surface area (Å²) in [6, 6.07) is 0. The number of rotatable bonds is 1. The Balaban J connectivity index is 0.000000354. The maximum absolute atomic E-state index is 8.92. The van der Waals surface area contributed by atoms with Gasteiger partial charge in [-0.2, -0.15) is 0 Å². The molecule has 4 nitrogen and oxygen atoms in total. The van der Waals surface area contributed by atoms with Crippen molar-refractivity contribution in [1.82, 2.24) is 0 Å². The van der Waals surface area contributed by atoms with Gasteiger partial charge in [0.2, 0.25) is 0 Å². The Labute approximate surface area is 73.1 Å². The highest BCUT2D eigenvalue weighted by Crippen LogP contribution is 2.11. The van der Waals surface area contributed by atoms with Gasteiger partial charge in [-0.15, -0.1) is 0 Å². The summed E-state index contributed by atoms with van der Waals surface area (Å²) >= 11 is 0. The average Bonchev–Trinajstić information content (AvgIpc) is 2.07. The van der Waals surface area contributed by atoms with Gasteiger partial charge in [0.05, 0.1) is 25.4 Å². The lowest BCUT2D eigenvalue weighted by molar-refractivity contribution is -0.0733. The molecule has 0 spiro atoms. The van der Waals surface area contributed by atoms with Crippen molar-refractivity contribution in [2.45, 2.75) is 25.0 Å². The molecule has 2 atom stereocenters. The maximum Gasteiger partial charge on any atom is 0.0808 e. The molecule has 1 fully saturated rings. The average molecular weight is 178 g/mol. The minimum atomic E-state index is -0.312. The quantitative estimate of drug-likeness (QED) is 0.583. The van der Waals surface area contributed by atoms with Crippen LogP contribution < -0.4 is 0 Å². The Morgan fingerprint density at radius 3 is 2.33 bits per heavy atom. The van der Waals surface area contributed by atoms with Gasteiger partial charge in [0.1, 0.15) is 0 Å². The molecule has 1 saturated heterocycles. The lowest BCUT2D eigenvalue weighted by atomic mass is 10.1. The van der Waals surface area contributed by atoms with E-state index in [1.54, 1.807) is 14.2 Å². The molecular weight excluding hydrogens is 160 g/mol. The van der Waals surface area contributed by atoms with Crippen LogP contribution in [0.4, 0.5) is 0 Å². The van der Waals surface area contributed by atoms with Crippen molar-refractivity contribution in [2.75, 3.05) is 27.4 Å². The predicted octanol–water partition coefficient (Wildman–Crippen LogP) is -0.219. The summed E-state index contributed by atoms with van der Waals surface area (Å²) in [5.74, 6) is 0. The normalized spacial score (nSPS) is 29.0. The topological polar surface area (TPSA) is 58.9 Å². The smallest absolute Gasteiger partial charge is 0.0808 e. The van der Waals surface area contributed by atoms with Gasteiger partial charge < -0.3 is 19.7 Å². The first kappa shape index (κ1) is 11.8. The highest BCUT2D eigenvalue weighted by Gasteiger charge is 2.18. The molecule has 1 aliphatic rings. The number of aliphatic hydroxyl groups excluding tert-OH is 2. The molecule has 1 heterocycles. The number of ether oxygens (including phenoxy) is 2. The van der Waals surface area contributed by atoms with E-state index in [9.17, 15) is 0 Å². The Morgan fingerprint density at radius 1 is 1.42 bits per heavy atom. The maximum atomic E-state index is 8.92. The van der Waals surface area contributed by atoms with Crippen molar-refractivity contribution in [2.24, 2.45) is 0 Å². The molecule has 0 aromatic rings. The first-order valence-corrected chi connectivity index (χ1v) is 4.05. The van der Waals surface area contributed by atoms with E-state index in [0.29, 0.717) is 6.61 Å². The van der Waals surface area contributed by atoms with E-state index in [1.165, 1.54) is 0 Å². The zero-order valence-corrected chi connectivity index (χ0v) is 7.69. The van der Waals surface area contributed by atoms with Crippen LogP contribution in [-0.4, -0.2) is 49.9 Å². The second-order valence-corrected chi connectivity index (χ2v) is 2.78. The number of hydrogen-bond acceptors (Lipinski definition) is 4. The zero-order valence-electron chi connectivity index (χ0n) is 7.69. The van der Waals surface area contributed by atoms with Crippen molar-refractivity contribution in [3.05, 3.63) is 0 Å². The third-order valence-corrected chi connectivity index (χ3v) is 1.55. The predicted molar refractivity (Wildman–Crippen MR) is 45.0 cm³/mol. The van der Waals surface area contributed by atoms with Crippen LogP contribution >= 0.6 is 0 Å². The Kier molecular flexibility index (Phi) is 7.39. The molecule has 74 valence electrons. The number of methoxy groups -OCH3 is 1. The molecular formula is C8H18O4. The van der Waals surface area contributed by atoms with Crippen LogP contribution in [0.1, 0.15) is 12.8 Å². The van der Waals surface area contributed by atoms with E-state index < -0.39 is 0 Å². The van der Waals surface area contributed by atoms with Gasteiger partial charge >= 0.3 is 0 Å². The second kappa shape index (κ2) is 7.49. The lowest BCUT2D eigenvalue weighted by Gasteiger charge is -2.24. The van der Waals surface area contributed by atoms with Crippen LogP contribution in [0.2, 0.25) is 0 Å². The second-order valence-electron chi connectivity index (χ2n) is 2.78. The Morgan fingerprint density at radius 2 is 2.00 bits per heavy atom. The molecule has 4 heteroatoms. The standard InChI is InChI=1S/C6H12O3.C2H6O/c7-3-6-2-1-5(8)4-9-6;1-3-2/h5-8H,1-4H2;1-2H3. The summed E-state index contributed by atoms with van der Waals surface area (Å²) in [4.78, 5) is 0. The zero-order chi connectivity index (χ0) is 9.40. The van der Waals surface area contributed by atoms with Gasteiger partial charge in [-0.25, -0.2) is 0 Å². The first-order valence-electron chi connectivity index (χ1n) is 4.05. The molecule has 0 bridgehead atoms. The van der Waals surface area contributed by atoms with Crippen molar-refractivity contribution < 1.29 is 19.7 Å². The molecule has 0 amide bonds. The Hall–Kier alpha value is -0.160. The van der Waals surface area contributed by atoms with Crippen LogP contribution in [0.25, 0.3) is 0 Å². The van der Waals surface area contributed by atoms with Gasteiger partial charge in [0.15, 0.2) is 0 Å². The molecule has 1 rings (SSSR count). The summed E-state index contributed by atoms with van der Waals surface area (Å²) in [6.45, 7) is 0.456. The molecule has 0 radical (unpaired) electrons. The third kappa shape index (κ3) is 5.49. The van der Waals surface area contributed by atoms with Gasteiger partial charge in [0.25, 0.3) is 0 Å². The van der Waals surface area contributed by atoms with Gasteiger partial charge in [0, 0.05) is 14.2 Å². The van der Waals surface area contributed by atoms with E-state index >= 15 is 0 Å². The van der Waals surface area contributed by atoms with Crippen LogP contribution in [0.3, 0.4) is 0 Å². The molecule has 2 N–H and O–H groups in total. The van der Waals surface area contributed by atoms with Crippen molar-refractivity contribution in [1.29, 1.82) is 0 Å². The van der Waals surface area contributed by atoms with E-state index in [2.05, 4.69) is 4.74 Å². The SMILES string of the molecule is COC.OCC1CCC(O)CO1. The van der Waals surface area contributed by atoms with Crippen molar-refractivity contribution in [3.8, 4) is 0 Å². The molecule has 0 saturated carbocycles. The fourth-order valence-electron chi connectivity index (χ4n) is 0.936. The Bertz CT molecular complexity index is 89.1. The summed E-state index contributed by atoms with van der Waals surface area (Å²) in [5, 5.41) is 17.5. The lowest BCUT2D eigenvalue weighted by Crippen LogP contribution is -2.31. The van der Waals surface area contributed by atoms with Crippen LogP contribution in [-0.2, 0) is 9.47 Å². The van der Waals surface area contributed by atoms with E-state index in [4.69, 9.17) is 14.9 Å². The fraction of sp³-hybridized carbons (Fsp3) is 1.00. The molecule has 2 unspecified atom stereocenters.